The monoisotopic (exact) mass is 596 g/mol. The van der Waals surface area contributed by atoms with Crippen molar-refractivity contribution in [1.29, 1.82) is 0 Å². The van der Waals surface area contributed by atoms with Crippen molar-refractivity contribution in [3.8, 4) is 17.1 Å². The van der Waals surface area contributed by atoms with Crippen molar-refractivity contribution in [2.24, 2.45) is 0 Å². The molecule has 4 aromatic rings. The summed E-state index contributed by atoms with van der Waals surface area (Å²) in [6, 6.07) is 23.4. The summed E-state index contributed by atoms with van der Waals surface area (Å²) in [5, 5.41) is 10.8. The molecule has 2 bridgehead atoms. The second-order valence-corrected chi connectivity index (χ2v) is 10.6. The van der Waals surface area contributed by atoms with E-state index in [1.807, 2.05) is 60.4 Å². The molecule has 2 N–H and O–H groups in total. The van der Waals surface area contributed by atoms with Crippen molar-refractivity contribution < 1.29 is 23.9 Å². The average Bonchev–Trinajstić information content (AvgIpc) is 3.47. The number of esters is 1. The van der Waals surface area contributed by atoms with Crippen molar-refractivity contribution in [1.82, 2.24) is 30.3 Å². The number of methoxy groups -OCH3 is 1. The summed E-state index contributed by atoms with van der Waals surface area (Å²) in [5.41, 5.74) is 2.77. The molecule has 0 aliphatic carbocycles. The van der Waals surface area contributed by atoms with Crippen molar-refractivity contribution in [2.75, 3.05) is 33.4 Å². The molecule has 1 atom stereocenters. The van der Waals surface area contributed by atoms with Crippen molar-refractivity contribution in [3.63, 3.8) is 0 Å². The van der Waals surface area contributed by atoms with Gasteiger partial charge >= 0.3 is 5.97 Å². The molecular formula is C33H36N6O5. The van der Waals surface area contributed by atoms with E-state index in [1.54, 1.807) is 35.0 Å². The first-order valence-electron chi connectivity index (χ1n) is 14.6. The summed E-state index contributed by atoms with van der Waals surface area (Å²) in [4.78, 5) is 44.9. The number of nitrogens with zero attached hydrogens (tertiary/aromatic N) is 4. The van der Waals surface area contributed by atoms with Crippen LogP contribution in [0.1, 0.15) is 51.5 Å². The Hall–Kier alpha value is -5.03. The van der Waals surface area contributed by atoms with Crippen molar-refractivity contribution in [2.45, 2.75) is 32.5 Å². The maximum atomic E-state index is 13.4. The molecule has 44 heavy (non-hydrogen) atoms. The van der Waals surface area contributed by atoms with E-state index in [9.17, 15) is 14.4 Å². The van der Waals surface area contributed by atoms with E-state index in [0.29, 0.717) is 67.7 Å². The molecule has 3 aromatic carbocycles. The lowest BCUT2D eigenvalue weighted by molar-refractivity contribution is -0.123. The smallest absolute Gasteiger partial charge is 0.337 e. The zero-order chi connectivity index (χ0) is 30.9. The number of benzene rings is 3. The molecule has 1 aliphatic rings. The number of carbonyl (C=O) groups excluding carboxylic acids is 3. The van der Waals surface area contributed by atoms with E-state index in [1.165, 1.54) is 7.11 Å². The Labute approximate surface area is 256 Å². The molecule has 0 unspecified atom stereocenters. The van der Waals surface area contributed by atoms with Crippen LogP contribution in [-0.2, 0) is 22.6 Å². The zero-order valence-corrected chi connectivity index (χ0v) is 24.9. The molecule has 2 heterocycles. The van der Waals surface area contributed by atoms with Crippen LogP contribution < -0.4 is 15.4 Å². The van der Waals surface area contributed by atoms with Gasteiger partial charge in [-0.3, -0.25) is 14.5 Å². The molecule has 11 heteroatoms. The van der Waals surface area contributed by atoms with Crippen LogP contribution in [0.3, 0.4) is 0 Å². The summed E-state index contributed by atoms with van der Waals surface area (Å²) in [7, 11) is 1.35. The van der Waals surface area contributed by atoms with Crippen LogP contribution >= 0.6 is 0 Å². The molecule has 11 nitrogen and oxygen atoms in total. The topological polar surface area (TPSA) is 128 Å². The first kappa shape index (κ1) is 30.4. The van der Waals surface area contributed by atoms with E-state index in [4.69, 9.17) is 19.6 Å². The lowest BCUT2D eigenvalue weighted by atomic mass is 10.1. The van der Waals surface area contributed by atoms with Gasteiger partial charge in [-0.05, 0) is 49.2 Å². The highest BCUT2D eigenvalue weighted by molar-refractivity contribution is 5.94. The van der Waals surface area contributed by atoms with E-state index in [0.717, 1.165) is 11.1 Å². The highest BCUT2D eigenvalue weighted by atomic mass is 16.5. The van der Waals surface area contributed by atoms with Gasteiger partial charge in [0.2, 0.25) is 5.91 Å². The Morgan fingerprint density at radius 3 is 2.55 bits per heavy atom. The summed E-state index contributed by atoms with van der Waals surface area (Å²) in [6.07, 6.45) is 0.625. The summed E-state index contributed by atoms with van der Waals surface area (Å²) in [5.74, 6) is 0.977. The lowest BCUT2D eigenvalue weighted by Crippen LogP contribution is -2.40. The maximum Gasteiger partial charge on any atom is 0.337 e. The Bertz CT molecular complexity index is 1590. The minimum atomic E-state index is -0.421. The van der Waals surface area contributed by atoms with Gasteiger partial charge < -0.3 is 20.1 Å². The maximum absolute atomic E-state index is 13.4. The molecule has 5 rings (SSSR count). The number of fused-ring (bicyclic) bond motifs is 3. The van der Waals surface area contributed by atoms with Gasteiger partial charge in [0, 0.05) is 30.8 Å². The van der Waals surface area contributed by atoms with Crippen LogP contribution in [0.4, 0.5) is 0 Å². The first-order valence-corrected chi connectivity index (χ1v) is 14.6. The quantitative estimate of drug-likeness (QED) is 0.342. The summed E-state index contributed by atoms with van der Waals surface area (Å²) in [6.45, 7) is 4.16. The first-order chi connectivity index (χ1) is 21.4. The molecule has 2 amide bonds. The fourth-order valence-electron chi connectivity index (χ4n) is 5.02. The third-order valence-corrected chi connectivity index (χ3v) is 7.25. The van der Waals surface area contributed by atoms with Crippen LogP contribution in [0.15, 0.2) is 78.9 Å². The highest BCUT2D eigenvalue weighted by Crippen LogP contribution is 2.20. The van der Waals surface area contributed by atoms with E-state index in [2.05, 4.69) is 10.6 Å². The number of carbonyl (C=O) groups is 3. The fraction of sp³-hybridized carbons (Fsp3) is 0.303. The molecule has 1 aliphatic heterocycles. The standard InChI is InChI=1S/C33H36N6O5/c1-23-31-36-30(25-8-4-3-5-9-25)37-39(31)18-19-44-28-11-6-10-27(20-28)32(41)34-16-7-17-38(22-29(40)35-23)21-24-12-14-26(15-13-24)33(42)43-2/h3-6,8-15,20,23H,7,16-19,21-22H2,1-2H3,(H,34,41)(H,35,40)/t23-/m0/s1. The Balaban J connectivity index is 1.39. The number of aromatic nitrogens is 3. The lowest BCUT2D eigenvalue weighted by Gasteiger charge is -2.23. The molecular weight excluding hydrogens is 560 g/mol. The number of ether oxygens (including phenoxy) is 2. The Morgan fingerprint density at radius 1 is 1.00 bits per heavy atom. The zero-order valence-electron chi connectivity index (χ0n) is 24.9. The van der Waals surface area contributed by atoms with Gasteiger partial charge in [-0.1, -0.05) is 48.5 Å². The molecule has 1 aromatic heterocycles. The molecule has 0 saturated heterocycles. The van der Waals surface area contributed by atoms with Crippen LogP contribution in [0.25, 0.3) is 11.4 Å². The Morgan fingerprint density at radius 2 is 1.77 bits per heavy atom. The second kappa shape index (κ2) is 14.4. The fourth-order valence-corrected chi connectivity index (χ4v) is 5.02. The predicted molar refractivity (Wildman–Crippen MR) is 164 cm³/mol. The van der Waals surface area contributed by atoms with Crippen LogP contribution in [0, 0.1) is 0 Å². The van der Waals surface area contributed by atoms with E-state index in [-0.39, 0.29) is 18.4 Å². The summed E-state index contributed by atoms with van der Waals surface area (Å²) >= 11 is 0. The number of nitrogens with one attached hydrogen (secondary N) is 2. The predicted octanol–water partition coefficient (Wildman–Crippen LogP) is 3.62. The van der Waals surface area contributed by atoms with Gasteiger partial charge in [0.15, 0.2) is 5.82 Å². The van der Waals surface area contributed by atoms with Crippen LogP contribution in [-0.4, -0.2) is 70.8 Å². The number of hydrogen-bond donors (Lipinski definition) is 2. The largest absolute Gasteiger partial charge is 0.492 e. The van der Waals surface area contributed by atoms with Gasteiger partial charge in [0.25, 0.3) is 5.91 Å². The van der Waals surface area contributed by atoms with Gasteiger partial charge in [-0.15, -0.1) is 0 Å². The third kappa shape index (κ3) is 7.87. The SMILES string of the molecule is COC(=O)c1ccc(CN2CCCNC(=O)c3cccc(c3)OCCn3nc(-c4ccccc4)nc3[C@H](C)NC(=O)C2)cc1. The minimum Gasteiger partial charge on any atom is -0.492 e. The van der Waals surface area contributed by atoms with E-state index < -0.39 is 12.0 Å². The van der Waals surface area contributed by atoms with Gasteiger partial charge in [0.1, 0.15) is 18.2 Å². The number of amides is 2. The van der Waals surface area contributed by atoms with Gasteiger partial charge in [-0.2, -0.15) is 5.10 Å². The van der Waals surface area contributed by atoms with Crippen molar-refractivity contribution >= 4 is 17.8 Å². The van der Waals surface area contributed by atoms with Crippen molar-refractivity contribution in [3.05, 3.63) is 101 Å². The number of rotatable bonds is 4. The summed E-state index contributed by atoms with van der Waals surface area (Å²) < 4.78 is 12.5. The van der Waals surface area contributed by atoms with Crippen LogP contribution in [0.5, 0.6) is 5.75 Å². The highest BCUT2D eigenvalue weighted by Gasteiger charge is 2.21. The average molecular weight is 597 g/mol. The molecule has 0 fully saturated rings. The second-order valence-electron chi connectivity index (χ2n) is 10.6. The van der Waals surface area contributed by atoms with Gasteiger partial charge in [-0.25, -0.2) is 14.5 Å². The minimum absolute atomic E-state index is 0.127. The normalized spacial score (nSPS) is 16.8. The van der Waals surface area contributed by atoms with Gasteiger partial charge in [0.05, 0.1) is 31.8 Å². The van der Waals surface area contributed by atoms with Crippen LogP contribution in [0.2, 0.25) is 0 Å². The third-order valence-electron chi connectivity index (χ3n) is 7.25. The molecule has 0 radical (unpaired) electrons. The Kier molecular flexibility index (Phi) is 9.98. The molecule has 228 valence electrons. The van der Waals surface area contributed by atoms with E-state index >= 15 is 0 Å². The number of hydrogen-bond acceptors (Lipinski definition) is 8. The molecule has 0 saturated carbocycles. The molecule has 0 spiro atoms.